The Balaban J connectivity index is 1.80. The molecule has 1 aliphatic carbocycles. The second-order valence-electron chi connectivity index (χ2n) is 6.12. The minimum atomic E-state index is -0.185. The Hall–Kier alpha value is -1.83. The summed E-state index contributed by atoms with van der Waals surface area (Å²) in [4.78, 5) is 0. The second-order valence-corrected chi connectivity index (χ2v) is 6.12. The van der Waals surface area contributed by atoms with Gasteiger partial charge in [0, 0.05) is 11.7 Å². The van der Waals surface area contributed by atoms with Gasteiger partial charge in [-0.15, -0.1) is 0 Å². The van der Waals surface area contributed by atoms with E-state index in [2.05, 4.69) is 30.4 Å². The molecule has 0 bridgehead atoms. The van der Waals surface area contributed by atoms with Gasteiger partial charge in [0.25, 0.3) is 0 Å². The number of benzene rings is 2. The highest BCUT2D eigenvalue weighted by molar-refractivity contribution is 5.48. The third kappa shape index (κ3) is 3.26. The molecular weight excluding hydrogens is 261 g/mol. The van der Waals surface area contributed by atoms with Crippen molar-refractivity contribution in [2.24, 2.45) is 0 Å². The summed E-state index contributed by atoms with van der Waals surface area (Å²) < 4.78 is 13.5. The smallest absolute Gasteiger partial charge is 0.125 e. The molecule has 0 spiro atoms. The Bertz CT molecular complexity index is 628. The van der Waals surface area contributed by atoms with Gasteiger partial charge in [-0.3, -0.25) is 0 Å². The van der Waals surface area contributed by atoms with E-state index in [4.69, 9.17) is 0 Å². The van der Waals surface area contributed by atoms with E-state index < -0.39 is 0 Å². The first-order chi connectivity index (χ1) is 10.1. The van der Waals surface area contributed by atoms with Gasteiger partial charge in [0.15, 0.2) is 0 Å². The fourth-order valence-electron chi connectivity index (χ4n) is 3.18. The van der Waals surface area contributed by atoms with E-state index in [9.17, 15) is 4.39 Å². The number of hydrogen-bond donors (Lipinski definition) is 1. The van der Waals surface area contributed by atoms with E-state index in [1.807, 2.05) is 13.0 Å². The van der Waals surface area contributed by atoms with Gasteiger partial charge in [-0.05, 0) is 80.0 Å². The van der Waals surface area contributed by atoms with Gasteiger partial charge in [0.2, 0.25) is 0 Å². The Kier molecular flexibility index (Phi) is 3.96. The predicted molar refractivity (Wildman–Crippen MR) is 86.3 cm³/mol. The molecule has 1 N–H and O–H groups in total. The number of halogens is 1. The van der Waals surface area contributed by atoms with E-state index >= 15 is 0 Å². The van der Waals surface area contributed by atoms with Crippen LogP contribution < -0.4 is 5.32 Å². The van der Waals surface area contributed by atoms with Crippen molar-refractivity contribution in [2.75, 3.05) is 5.32 Å². The van der Waals surface area contributed by atoms with Crippen LogP contribution in [0.15, 0.2) is 36.4 Å². The number of nitrogens with one attached hydrogen (secondary N) is 1. The Morgan fingerprint density at radius 1 is 1.00 bits per heavy atom. The van der Waals surface area contributed by atoms with Crippen LogP contribution in [0.3, 0.4) is 0 Å². The molecule has 0 fully saturated rings. The standard InChI is InChI=1S/C19H22FN/c1-13-9-18(20)12-19(10-13)21-14(2)16-8-7-15-5-3-4-6-17(15)11-16/h7-12,14,21H,3-6H2,1-2H3. The zero-order valence-corrected chi connectivity index (χ0v) is 12.7. The molecule has 1 nitrogen and oxygen atoms in total. The number of fused-ring (bicyclic) bond motifs is 1. The van der Waals surface area contributed by atoms with Gasteiger partial charge in [0.05, 0.1) is 0 Å². The first-order valence-electron chi connectivity index (χ1n) is 7.77. The van der Waals surface area contributed by atoms with Crippen LogP contribution in [0.25, 0.3) is 0 Å². The van der Waals surface area contributed by atoms with E-state index in [-0.39, 0.29) is 11.9 Å². The molecule has 0 saturated carbocycles. The van der Waals surface area contributed by atoms with Crippen molar-refractivity contribution in [2.45, 2.75) is 45.6 Å². The van der Waals surface area contributed by atoms with Gasteiger partial charge in [0.1, 0.15) is 5.82 Å². The zero-order chi connectivity index (χ0) is 14.8. The summed E-state index contributed by atoms with van der Waals surface area (Å²) in [6.45, 7) is 4.04. The molecule has 1 aliphatic rings. The van der Waals surface area contributed by atoms with Gasteiger partial charge in [-0.25, -0.2) is 4.39 Å². The van der Waals surface area contributed by atoms with Gasteiger partial charge in [-0.1, -0.05) is 18.2 Å². The lowest BCUT2D eigenvalue weighted by Gasteiger charge is -2.21. The molecule has 0 radical (unpaired) electrons. The van der Waals surface area contributed by atoms with Gasteiger partial charge >= 0.3 is 0 Å². The SMILES string of the molecule is Cc1cc(F)cc(NC(C)c2ccc3c(c2)CCCC3)c1. The molecule has 21 heavy (non-hydrogen) atoms. The molecular formula is C19H22FN. The van der Waals surface area contributed by atoms with Crippen molar-refractivity contribution in [3.8, 4) is 0 Å². The van der Waals surface area contributed by atoms with E-state index in [1.54, 1.807) is 12.1 Å². The van der Waals surface area contributed by atoms with Gasteiger partial charge in [-0.2, -0.15) is 0 Å². The molecule has 2 heteroatoms. The average molecular weight is 283 g/mol. The lowest BCUT2D eigenvalue weighted by molar-refractivity contribution is 0.626. The highest BCUT2D eigenvalue weighted by Gasteiger charge is 2.12. The quantitative estimate of drug-likeness (QED) is 0.817. The largest absolute Gasteiger partial charge is 0.378 e. The summed E-state index contributed by atoms with van der Waals surface area (Å²) in [5.41, 5.74) is 6.05. The summed E-state index contributed by atoms with van der Waals surface area (Å²) >= 11 is 0. The van der Waals surface area contributed by atoms with Crippen LogP contribution in [-0.4, -0.2) is 0 Å². The summed E-state index contributed by atoms with van der Waals surface area (Å²) in [6, 6.07) is 12.1. The third-order valence-corrected chi connectivity index (χ3v) is 4.30. The lowest BCUT2D eigenvalue weighted by atomic mass is 9.89. The van der Waals surface area contributed by atoms with E-state index in [0.29, 0.717) is 0 Å². The maximum Gasteiger partial charge on any atom is 0.125 e. The molecule has 0 heterocycles. The summed E-state index contributed by atoms with van der Waals surface area (Å²) in [6.07, 6.45) is 5.00. The highest BCUT2D eigenvalue weighted by Crippen LogP contribution is 2.27. The van der Waals surface area contributed by atoms with Crippen molar-refractivity contribution in [1.29, 1.82) is 0 Å². The van der Waals surface area contributed by atoms with Crippen molar-refractivity contribution >= 4 is 5.69 Å². The predicted octanol–water partition coefficient (Wildman–Crippen LogP) is 5.19. The van der Waals surface area contributed by atoms with Crippen LogP contribution in [0.5, 0.6) is 0 Å². The Morgan fingerprint density at radius 2 is 1.76 bits per heavy atom. The summed E-state index contributed by atoms with van der Waals surface area (Å²) in [7, 11) is 0. The van der Waals surface area contributed by atoms with E-state index in [1.165, 1.54) is 42.4 Å². The fraction of sp³-hybridized carbons (Fsp3) is 0.368. The molecule has 110 valence electrons. The van der Waals surface area contributed by atoms with Crippen molar-refractivity contribution in [3.05, 3.63) is 64.5 Å². The van der Waals surface area contributed by atoms with Crippen LogP contribution in [0, 0.1) is 12.7 Å². The maximum absolute atomic E-state index is 13.5. The Labute approximate surface area is 126 Å². The summed E-state index contributed by atoms with van der Waals surface area (Å²) in [5.74, 6) is -0.185. The number of hydrogen-bond acceptors (Lipinski definition) is 1. The maximum atomic E-state index is 13.5. The number of anilines is 1. The number of aryl methyl sites for hydroxylation is 3. The second kappa shape index (κ2) is 5.88. The molecule has 0 amide bonds. The molecule has 2 aromatic rings. The highest BCUT2D eigenvalue weighted by atomic mass is 19.1. The lowest BCUT2D eigenvalue weighted by Crippen LogP contribution is -2.09. The Morgan fingerprint density at radius 3 is 2.52 bits per heavy atom. The first-order valence-corrected chi connectivity index (χ1v) is 7.77. The van der Waals surface area contributed by atoms with Crippen molar-refractivity contribution in [1.82, 2.24) is 0 Å². The first kappa shape index (κ1) is 14.1. The monoisotopic (exact) mass is 283 g/mol. The molecule has 2 aromatic carbocycles. The third-order valence-electron chi connectivity index (χ3n) is 4.30. The molecule has 3 rings (SSSR count). The molecule has 1 unspecified atom stereocenters. The zero-order valence-electron chi connectivity index (χ0n) is 12.7. The van der Waals surface area contributed by atoms with Crippen LogP contribution >= 0.6 is 0 Å². The van der Waals surface area contributed by atoms with Crippen LogP contribution in [0.1, 0.15) is 48.1 Å². The normalized spacial score (nSPS) is 15.4. The fourth-order valence-corrected chi connectivity index (χ4v) is 3.18. The molecule has 0 aromatic heterocycles. The van der Waals surface area contributed by atoms with E-state index in [0.717, 1.165) is 11.3 Å². The van der Waals surface area contributed by atoms with Crippen LogP contribution in [-0.2, 0) is 12.8 Å². The van der Waals surface area contributed by atoms with Crippen molar-refractivity contribution < 1.29 is 4.39 Å². The summed E-state index contributed by atoms with van der Waals surface area (Å²) in [5, 5.41) is 3.41. The minimum Gasteiger partial charge on any atom is -0.378 e. The van der Waals surface area contributed by atoms with Crippen LogP contribution in [0.4, 0.5) is 10.1 Å². The van der Waals surface area contributed by atoms with Gasteiger partial charge < -0.3 is 5.32 Å². The molecule has 0 saturated heterocycles. The average Bonchev–Trinajstić information content (AvgIpc) is 2.45. The topological polar surface area (TPSA) is 12.0 Å². The number of rotatable bonds is 3. The molecule has 0 aliphatic heterocycles. The molecule has 1 atom stereocenters. The van der Waals surface area contributed by atoms with Crippen LogP contribution in [0.2, 0.25) is 0 Å². The minimum absolute atomic E-state index is 0.179. The van der Waals surface area contributed by atoms with Crippen molar-refractivity contribution in [3.63, 3.8) is 0 Å².